The lowest BCUT2D eigenvalue weighted by atomic mass is 10.2. The summed E-state index contributed by atoms with van der Waals surface area (Å²) in [5.74, 6) is -0.00114. The SMILES string of the molecule is Cc1cccc(N2CCN(C(=O)c3ncn(-c4cc(Cl)c(C)c(Cl)c4)n3)CC2)c1. The third-order valence-corrected chi connectivity index (χ3v) is 5.93. The summed E-state index contributed by atoms with van der Waals surface area (Å²) in [6, 6.07) is 11.9. The van der Waals surface area contributed by atoms with Crippen molar-refractivity contribution in [3.8, 4) is 5.69 Å². The van der Waals surface area contributed by atoms with Gasteiger partial charge in [-0.1, -0.05) is 35.3 Å². The van der Waals surface area contributed by atoms with Crippen molar-refractivity contribution < 1.29 is 4.79 Å². The third-order valence-electron chi connectivity index (χ3n) is 5.15. The van der Waals surface area contributed by atoms with Crippen LogP contribution in [-0.4, -0.2) is 51.8 Å². The molecule has 1 amide bonds. The van der Waals surface area contributed by atoms with E-state index in [9.17, 15) is 4.79 Å². The lowest BCUT2D eigenvalue weighted by Crippen LogP contribution is -2.49. The highest BCUT2D eigenvalue weighted by molar-refractivity contribution is 6.36. The van der Waals surface area contributed by atoms with Gasteiger partial charge in [0.05, 0.1) is 5.69 Å². The topological polar surface area (TPSA) is 54.3 Å². The molecule has 0 aliphatic carbocycles. The number of aryl methyl sites for hydroxylation is 1. The van der Waals surface area contributed by atoms with Crippen LogP contribution in [0, 0.1) is 13.8 Å². The Morgan fingerprint density at radius 3 is 2.31 bits per heavy atom. The van der Waals surface area contributed by atoms with Crippen LogP contribution in [0.3, 0.4) is 0 Å². The second kappa shape index (κ2) is 8.05. The van der Waals surface area contributed by atoms with Gasteiger partial charge in [-0.2, -0.15) is 0 Å². The molecule has 8 heteroatoms. The van der Waals surface area contributed by atoms with Gasteiger partial charge in [0.1, 0.15) is 6.33 Å². The van der Waals surface area contributed by atoms with Gasteiger partial charge in [0.15, 0.2) is 0 Å². The zero-order valence-corrected chi connectivity index (χ0v) is 17.8. The Labute approximate surface area is 179 Å². The van der Waals surface area contributed by atoms with Crippen molar-refractivity contribution in [3.63, 3.8) is 0 Å². The Morgan fingerprint density at radius 1 is 0.966 bits per heavy atom. The molecule has 1 aromatic heterocycles. The van der Waals surface area contributed by atoms with E-state index in [2.05, 4.69) is 46.2 Å². The van der Waals surface area contributed by atoms with E-state index in [4.69, 9.17) is 23.2 Å². The summed E-state index contributed by atoms with van der Waals surface area (Å²) in [4.78, 5) is 21.1. The van der Waals surface area contributed by atoms with Crippen LogP contribution in [0.5, 0.6) is 0 Å². The molecule has 2 heterocycles. The summed E-state index contributed by atoms with van der Waals surface area (Å²) < 4.78 is 1.52. The fraction of sp³-hybridized carbons (Fsp3) is 0.286. The van der Waals surface area contributed by atoms with Gasteiger partial charge in [-0.15, -0.1) is 5.10 Å². The number of benzene rings is 2. The van der Waals surface area contributed by atoms with Crippen LogP contribution in [0.15, 0.2) is 42.7 Å². The fourth-order valence-electron chi connectivity index (χ4n) is 3.38. The van der Waals surface area contributed by atoms with E-state index < -0.39 is 0 Å². The monoisotopic (exact) mass is 429 g/mol. The maximum Gasteiger partial charge on any atom is 0.293 e. The average molecular weight is 430 g/mol. The molecule has 6 nitrogen and oxygen atoms in total. The molecule has 4 rings (SSSR count). The average Bonchev–Trinajstić information content (AvgIpc) is 3.21. The van der Waals surface area contributed by atoms with Gasteiger partial charge in [0, 0.05) is 41.9 Å². The van der Waals surface area contributed by atoms with Gasteiger partial charge < -0.3 is 9.80 Å². The molecular formula is C21H21Cl2N5O. The number of hydrogen-bond donors (Lipinski definition) is 0. The van der Waals surface area contributed by atoms with Gasteiger partial charge in [-0.05, 0) is 49.2 Å². The Morgan fingerprint density at radius 2 is 1.66 bits per heavy atom. The molecule has 0 unspecified atom stereocenters. The molecule has 1 aliphatic heterocycles. The van der Waals surface area contributed by atoms with Crippen molar-refractivity contribution in [1.29, 1.82) is 0 Å². The first-order chi connectivity index (χ1) is 13.9. The standard InChI is InChI=1S/C21H21Cl2N5O/c1-14-4-3-5-16(10-14)26-6-8-27(9-7-26)21(29)20-24-13-28(25-20)17-11-18(22)15(2)19(23)12-17/h3-5,10-13H,6-9H2,1-2H3. The van der Waals surface area contributed by atoms with Gasteiger partial charge in [-0.3, -0.25) is 4.79 Å². The number of carbonyl (C=O) groups excluding carboxylic acids is 1. The molecule has 0 saturated carbocycles. The van der Waals surface area contributed by atoms with Crippen molar-refractivity contribution in [2.45, 2.75) is 13.8 Å². The fourth-order valence-corrected chi connectivity index (χ4v) is 3.86. The number of nitrogens with zero attached hydrogens (tertiary/aromatic N) is 5. The highest BCUT2D eigenvalue weighted by Crippen LogP contribution is 2.27. The van der Waals surface area contributed by atoms with E-state index in [-0.39, 0.29) is 11.7 Å². The molecule has 150 valence electrons. The van der Waals surface area contributed by atoms with E-state index in [0.29, 0.717) is 28.8 Å². The van der Waals surface area contributed by atoms with Crippen LogP contribution in [-0.2, 0) is 0 Å². The summed E-state index contributed by atoms with van der Waals surface area (Å²) in [5.41, 5.74) is 3.89. The molecule has 1 fully saturated rings. The molecule has 29 heavy (non-hydrogen) atoms. The number of piperazine rings is 1. The van der Waals surface area contributed by atoms with E-state index in [0.717, 1.165) is 18.7 Å². The lowest BCUT2D eigenvalue weighted by Gasteiger charge is -2.35. The van der Waals surface area contributed by atoms with Gasteiger partial charge in [-0.25, -0.2) is 9.67 Å². The predicted molar refractivity (Wildman–Crippen MR) is 115 cm³/mol. The minimum absolute atomic E-state index is 0.168. The summed E-state index contributed by atoms with van der Waals surface area (Å²) in [6.07, 6.45) is 1.51. The van der Waals surface area contributed by atoms with Crippen molar-refractivity contribution in [2.24, 2.45) is 0 Å². The molecule has 0 bridgehead atoms. The first-order valence-corrected chi connectivity index (χ1v) is 10.2. The third kappa shape index (κ3) is 4.09. The van der Waals surface area contributed by atoms with Crippen LogP contribution in [0.2, 0.25) is 10.0 Å². The van der Waals surface area contributed by atoms with E-state index in [1.54, 1.807) is 17.0 Å². The molecule has 0 radical (unpaired) electrons. The number of carbonyl (C=O) groups is 1. The van der Waals surface area contributed by atoms with E-state index in [1.807, 2.05) is 6.92 Å². The van der Waals surface area contributed by atoms with Crippen LogP contribution in [0.25, 0.3) is 5.69 Å². The van der Waals surface area contributed by atoms with E-state index >= 15 is 0 Å². The number of hydrogen-bond acceptors (Lipinski definition) is 4. The van der Waals surface area contributed by atoms with Crippen molar-refractivity contribution in [3.05, 3.63) is 69.7 Å². The minimum atomic E-state index is -0.169. The maximum absolute atomic E-state index is 12.8. The summed E-state index contributed by atoms with van der Waals surface area (Å²) in [7, 11) is 0. The van der Waals surface area contributed by atoms with Gasteiger partial charge >= 0.3 is 0 Å². The first-order valence-electron chi connectivity index (χ1n) is 9.41. The first kappa shape index (κ1) is 19.7. The molecule has 0 spiro atoms. The molecular weight excluding hydrogens is 409 g/mol. The number of anilines is 1. The summed E-state index contributed by atoms with van der Waals surface area (Å²) in [6.45, 7) is 6.74. The predicted octanol–water partition coefficient (Wildman–Crippen LogP) is 4.15. The number of aromatic nitrogens is 3. The highest BCUT2D eigenvalue weighted by Gasteiger charge is 2.25. The molecule has 2 aromatic carbocycles. The van der Waals surface area contributed by atoms with Crippen LogP contribution in [0.1, 0.15) is 21.7 Å². The molecule has 1 saturated heterocycles. The molecule has 1 aliphatic rings. The molecule has 0 atom stereocenters. The van der Waals surface area contributed by atoms with Gasteiger partial charge in [0.25, 0.3) is 5.91 Å². The molecule has 3 aromatic rings. The van der Waals surface area contributed by atoms with E-state index in [1.165, 1.54) is 22.3 Å². The van der Waals surface area contributed by atoms with Crippen LogP contribution in [0.4, 0.5) is 5.69 Å². The normalized spacial score (nSPS) is 14.3. The Hall–Kier alpha value is -2.57. The number of halogens is 2. The lowest BCUT2D eigenvalue weighted by molar-refractivity contribution is 0.0734. The van der Waals surface area contributed by atoms with Crippen molar-refractivity contribution in [2.75, 3.05) is 31.1 Å². The second-order valence-electron chi connectivity index (χ2n) is 7.17. The van der Waals surface area contributed by atoms with Crippen molar-refractivity contribution >= 4 is 34.8 Å². The Kier molecular flexibility index (Phi) is 5.48. The highest BCUT2D eigenvalue weighted by atomic mass is 35.5. The smallest absolute Gasteiger partial charge is 0.293 e. The van der Waals surface area contributed by atoms with Gasteiger partial charge in [0.2, 0.25) is 5.82 Å². The van der Waals surface area contributed by atoms with Crippen LogP contribution >= 0.6 is 23.2 Å². The Balaban J connectivity index is 1.45. The number of rotatable bonds is 3. The zero-order valence-electron chi connectivity index (χ0n) is 16.3. The summed E-state index contributed by atoms with van der Waals surface area (Å²) in [5, 5.41) is 5.43. The second-order valence-corrected chi connectivity index (χ2v) is 7.98. The number of amides is 1. The minimum Gasteiger partial charge on any atom is -0.368 e. The zero-order chi connectivity index (χ0) is 20.5. The van der Waals surface area contributed by atoms with Crippen molar-refractivity contribution in [1.82, 2.24) is 19.7 Å². The maximum atomic E-state index is 12.8. The Bertz CT molecular complexity index is 1030. The summed E-state index contributed by atoms with van der Waals surface area (Å²) >= 11 is 12.4. The molecule has 0 N–H and O–H groups in total. The van der Waals surface area contributed by atoms with Crippen LogP contribution < -0.4 is 4.90 Å². The largest absolute Gasteiger partial charge is 0.368 e. The quantitative estimate of drug-likeness (QED) is 0.627.